The normalized spacial score (nSPS) is 13.0. The van der Waals surface area contributed by atoms with Crippen molar-refractivity contribution in [1.29, 1.82) is 0 Å². The molecule has 0 N–H and O–H groups in total. The van der Waals surface area contributed by atoms with Crippen molar-refractivity contribution in [3.8, 4) is 0 Å². The van der Waals surface area contributed by atoms with Crippen LogP contribution in [-0.2, 0) is 28.6 Å². The summed E-state index contributed by atoms with van der Waals surface area (Å²) in [5.74, 6) is -0.920. The number of esters is 3. The largest absolute Gasteiger partial charge is 0.462 e. The van der Waals surface area contributed by atoms with Gasteiger partial charge in [0.2, 0.25) is 0 Å². The molecule has 0 aliphatic carbocycles. The van der Waals surface area contributed by atoms with Gasteiger partial charge in [-0.2, -0.15) is 0 Å². The Balaban J connectivity index is 4.30. The summed E-state index contributed by atoms with van der Waals surface area (Å²) in [6.45, 7) is 6.41. The van der Waals surface area contributed by atoms with Gasteiger partial charge in [0.15, 0.2) is 6.10 Å². The summed E-state index contributed by atoms with van der Waals surface area (Å²) in [6, 6.07) is 0. The molecule has 0 aromatic heterocycles. The lowest BCUT2D eigenvalue weighted by atomic mass is 10.0. The first-order valence-corrected chi connectivity index (χ1v) is 34.7. The number of hydrogen-bond acceptors (Lipinski definition) is 6. The highest BCUT2D eigenvalue weighted by atomic mass is 16.6. The predicted molar refractivity (Wildman–Crippen MR) is 362 cm³/mol. The standard InChI is InChI=1S/C77H128O6/c1-4-7-10-13-16-19-22-25-27-29-31-32-33-34-35-36-37-38-39-40-41-42-43-44-46-47-49-52-55-58-61-64-67-70-76(79)82-73-74(72-81-75(78)69-66-63-60-57-54-51-24-21-18-15-12-9-6-3)83-77(80)71-68-65-62-59-56-53-50-48-45-30-28-26-23-20-17-14-11-8-5-2/h7,9-10,12,16,18-19,21,25,27,31-32,34-35,37-38,40-41,43-44,51,54,74H,4-6,8,11,13-15,17,20,22-24,26,28-30,33,36,39,42,45-50,52-53,55-73H2,1-3H3/b10-7-,12-9-,19-16-,21-18-,27-25-,32-31-,35-34-,38-37-,41-40-,44-43-,54-51-. The minimum Gasteiger partial charge on any atom is -0.462 e. The lowest BCUT2D eigenvalue weighted by molar-refractivity contribution is -0.167. The van der Waals surface area contributed by atoms with E-state index < -0.39 is 6.10 Å². The van der Waals surface area contributed by atoms with Gasteiger partial charge in [0, 0.05) is 19.3 Å². The van der Waals surface area contributed by atoms with Gasteiger partial charge in [0.05, 0.1) is 0 Å². The second kappa shape index (κ2) is 70.0. The Morgan fingerprint density at radius 3 is 0.747 bits per heavy atom. The van der Waals surface area contributed by atoms with Crippen LogP contribution in [0.1, 0.15) is 316 Å². The van der Waals surface area contributed by atoms with Crippen molar-refractivity contribution >= 4 is 17.9 Å². The lowest BCUT2D eigenvalue weighted by Crippen LogP contribution is -2.30. The van der Waals surface area contributed by atoms with E-state index in [2.05, 4.69) is 154 Å². The molecule has 1 atom stereocenters. The molecular weight excluding hydrogens is 1020 g/mol. The molecule has 0 rings (SSSR count). The van der Waals surface area contributed by atoms with Crippen molar-refractivity contribution in [3.05, 3.63) is 134 Å². The molecule has 0 spiro atoms. The molecular formula is C77H128O6. The number of rotatable bonds is 62. The molecule has 0 aromatic carbocycles. The first kappa shape index (κ1) is 78.5. The fourth-order valence-corrected chi connectivity index (χ4v) is 9.53. The Labute approximate surface area is 513 Å². The maximum Gasteiger partial charge on any atom is 0.306 e. The van der Waals surface area contributed by atoms with Gasteiger partial charge >= 0.3 is 17.9 Å². The fourth-order valence-electron chi connectivity index (χ4n) is 9.53. The summed E-state index contributed by atoms with van der Waals surface area (Å²) in [5.41, 5.74) is 0. The Kier molecular flexibility index (Phi) is 66.3. The number of unbranched alkanes of at least 4 members (excludes halogenated alkanes) is 29. The van der Waals surface area contributed by atoms with E-state index in [-0.39, 0.29) is 31.1 Å². The van der Waals surface area contributed by atoms with Crippen LogP contribution >= 0.6 is 0 Å². The zero-order valence-electron chi connectivity index (χ0n) is 54.2. The van der Waals surface area contributed by atoms with Crippen molar-refractivity contribution in [2.24, 2.45) is 0 Å². The Morgan fingerprint density at radius 2 is 0.470 bits per heavy atom. The minimum absolute atomic E-state index is 0.0923. The highest BCUT2D eigenvalue weighted by molar-refractivity contribution is 5.71. The van der Waals surface area contributed by atoms with Crippen molar-refractivity contribution in [3.63, 3.8) is 0 Å². The summed E-state index contributed by atoms with van der Waals surface area (Å²) in [5, 5.41) is 0. The summed E-state index contributed by atoms with van der Waals surface area (Å²) in [6.07, 6.45) is 99.1. The van der Waals surface area contributed by atoms with Crippen molar-refractivity contribution in [2.75, 3.05) is 13.2 Å². The molecule has 0 saturated carbocycles. The van der Waals surface area contributed by atoms with Gasteiger partial charge in [0.1, 0.15) is 13.2 Å². The second-order valence-electron chi connectivity index (χ2n) is 22.7. The third-order valence-corrected chi connectivity index (χ3v) is 14.7. The number of ether oxygens (including phenoxy) is 3. The van der Waals surface area contributed by atoms with E-state index in [9.17, 15) is 14.4 Å². The molecule has 0 radical (unpaired) electrons. The van der Waals surface area contributed by atoms with Crippen molar-refractivity contribution in [1.82, 2.24) is 0 Å². The Hall–Kier alpha value is -4.45. The summed E-state index contributed by atoms with van der Waals surface area (Å²) in [7, 11) is 0. The number of allylic oxidation sites excluding steroid dienone is 22. The number of carbonyl (C=O) groups is 3. The molecule has 472 valence electrons. The molecule has 0 saturated heterocycles. The van der Waals surface area contributed by atoms with Crippen molar-refractivity contribution < 1.29 is 28.6 Å². The average molecular weight is 1150 g/mol. The van der Waals surface area contributed by atoms with Gasteiger partial charge in [-0.1, -0.05) is 315 Å². The Bertz CT molecular complexity index is 1750. The van der Waals surface area contributed by atoms with Gasteiger partial charge < -0.3 is 14.2 Å². The number of hydrogen-bond donors (Lipinski definition) is 0. The van der Waals surface area contributed by atoms with Gasteiger partial charge in [0.25, 0.3) is 0 Å². The van der Waals surface area contributed by atoms with E-state index in [0.717, 1.165) is 141 Å². The maximum atomic E-state index is 12.9. The van der Waals surface area contributed by atoms with Crippen molar-refractivity contribution in [2.45, 2.75) is 322 Å². The van der Waals surface area contributed by atoms with Crippen LogP contribution in [0.25, 0.3) is 0 Å². The van der Waals surface area contributed by atoms with Gasteiger partial charge in [-0.05, 0) is 116 Å². The molecule has 1 unspecified atom stereocenters. The SMILES string of the molecule is CC/C=C\C/C=C\C/C=C\C/C=C\C/C=C\C/C=C\C/C=C\C/C=C\CCCCCCCCCCC(=O)OCC(COC(=O)CCCCC/C=C\C/C=C\C/C=C\CC)OC(=O)CCCCCCCCCCCCCCCCCCCCC. The van der Waals surface area contributed by atoms with Crippen LogP contribution in [0.2, 0.25) is 0 Å². The topological polar surface area (TPSA) is 78.9 Å². The van der Waals surface area contributed by atoms with E-state index >= 15 is 0 Å². The predicted octanol–water partition coefficient (Wildman–Crippen LogP) is 24.1. The molecule has 0 heterocycles. The third-order valence-electron chi connectivity index (χ3n) is 14.7. The first-order valence-electron chi connectivity index (χ1n) is 34.7. The zero-order valence-corrected chi connectivity index (χ0v) is 54.2. The molecule has 0 aliphatic heterocycles. The van der Waals surface area contributed by atoms with E-state index in [0.29, 0.717) is 19.3 Å². The van der Waals surface area contributed by atoms with E-state index in [4.69, 9.17) is 14.2 Å². The fraction of sp³-hybridized carbons (Fsp3) is 0.675. The van der Waals surface area contributed by atoms with E-state index in [1.54, 1.807) is 0 Å². The van der Waals surface area contributed by atoms with Crippen LogP contribution in [0.4, 0.5) is 0 Å². The summed E-state index contributed by atoms with van der Waals surface area (Å²) in [4.78, 5) is 38.4. The van der Waals surface area contributed by atoms with Gasteiger partial charge in [-0.15, -0.1) is 0 Å². The molecule has 83 heavy (non-hydrogen) atoms. The lowest BCUT2D eigenvalue weighted by Gasteiger charge is -2.18. The van der Waals surface area contributed by atoms with E-state index in [1.165, 1.54) is 135 Å². The van der Waals surface area contributed by atoms with Gasteiger partial charge in [-0.25, -0.2) is 0 Å². The van der Waals surface area contributed by atoms with Gasteiger partial charge in [-0.3, -0.25) is 14.4 Å². The molecule has 0 aromatic rings. The molecule has 6 nitrogen and oxygen atoms in total. The van der Waals surface area contributed by atoms with Crippen LogP contribution in [0.3, 0.4) is 0 Å². The minimum atomic E-state index is -0.797. The highest BCUT2D eigenvalue weighted by Crippen LogP contribution is 2.17. The quantitative estimate of drug-likeness (QED) is 0.0261. The highest BCUT2D eigenvalue weighted by Gasteiger charge is 2.19. The second-order valence-corrected chi connectivity index (χ2v) is 22.7. The number of carbonyl (C=O) groups excluding carboxylic acids is 3. The van der Waals surface area contributed by atoms with Crippen LogP contribution < -0.4 is 0 Å². The summed E-state index contributed by atoms with van der Waals surface area (Å²) < 4.78 is 16.9. The molecule has 6 heteroatoms. The third kappa shape index (κ3) is 68.2. The van der Waals surface area contributed by atoms with E-state index in [1.807, 2.05) is 0 Å². The smallest absolute Gasteiger partial charge is 0.306 e. The Morgan fingerprint density at radius 1 is 0.253 bits per heavy atom. The summed E-state index contributed by atoms with van der Waals surface area (Å²) >= 11 is 0. The van der Waals surface area contributed by atoms with Crippen LogP contribution in [0.5, 0.6) is 0 Å². The van der Waals surface area contributed by atoms with Crippen LogP contribution in [0.15, 0.2) is 134 Å². The molecule has 0 amide bonds. The first-order chi connectivity index (χ1) is 41.0. The van der Waals surface area contributed by atoms with Crippen LogP contribution in [-0.4, -0.2) is 37.2 Å². The van der Waals surface area contributed by atoms with Crippen LogP contribution in [0, 0.1) is 0 Å². The molecule has 0 bridgehead atoms. The average Bonchev–Trinajstić information content (AvgIpc) is 3.49. The molecule has 0 aliphatic rings. The maximum absolute atomic E-state index is 12.9. The zero-order chi connectivity index (χ0) is 59.9. The molecule has 0 fully saturated rings. The monoisotopic (exact) mass is 1150 g/mol.